The van der Waals surface area contributed by atoms with Crippen LogP contribution in [0.4, 0.5) is 83.4 Å². The van der Waals surface area contributed by atoms with Crippen molar-refractivity contribution in [1.29, 1.82) is 0 Å². The maximum atomic E-state index is 14.0. The van der Waals surface area contributed by atoms with E-state index in [9.17, 15) is 83.4 Å². The van der Waals surface area contributed by atoms with Gasteiger partial charge >= 0.3 is 53.7 Å². The fourth-order valence-electron chi connectivity index (χ4n) is 3.21. The van der Waals surface area contributed by atoms with Gasteiger partial charge in [0.15, 0.2) is 0 Å². The lowest BCUT2D eigenvalue weighted by Crippen LogP contribution is -2.74. The monoisotopic (exact) mass is 645 g/mol. The highest BCUT2D eigenvalue weighted by molar-refractivity contribution is 5.23. The number of halogens is 19. The molecule has 0 N–H and O–H groups in total. The molecule has 0 unspecified atom stereocenters. The van der Waals surface area contributed by atoms with E-state index >= 15 is 0 Å². The van der Waals surface area contributed by atoms with Crippen LogP contribution >= 0.6 is 0 Å². The molecule has 0 saturated heterocycles. The van der Waals surface area contributed by atoms with Gasteiger partial charge in [0.2, 0.25) is 0 Å². The van der Waals surface area contributed by atoms with Crippen molar-refractivity contribution in [2.24, 2.45) is 0 Å². The topological polar surface area (TPSA) is 3.24 Å². The number of alkyl halides is 19. The van der Waals surface area contributed by atoms with Gasteiger partial charge in [-0.2, -0.15) is 83.4 Å². The molecule has 240 valence electrons. The van der Waals surface area contributed by atoms with Gasteiger partial charge in [0.05, 0.1) is 0 Å². The highest BCUT2D eigenvalue weighted by Crippen LogP contribution is 2.64. The molecule has 0 aliphatic heterocycles. The molecule has 0 fully saturated rings. The summed E-state index contributed by atoms with van der Waals surface area (Å²) in [4.78, 5) is 0.614. The fraction of sp³-hybridized carbons (Fsp3) is 0.714. The van der Waals surface area contributed by atoms with Crippen molar-refractivity contribution >= 4 is 0 Å². The minimum absolute atomic E-state index is 0.0826. The average molecular weight is 645 g/mol. The molecule has 0 bridgehead atoms. The van der Waals surface area contributed by atoms with Gasteiger partial charge in [0.25, 0.3) is 0 Å². The number of nitrogens with zero attached hydrogens (tertiary/aromatic N) is 1. The van der Waals surface area contributed by atoms with E-state index in [4.69, 9.17) is 0 Å². The summed E-state index contributed by atoms with van der Waals surface area (Å²) in [5.74, 6) is -56.6. The molecular formula is C21H18F19N. The summed E-state index contributed by atoms with van der Waals surface area (Å²) in [5, 5.41) is 0. The Balaban J connectivity index is 3.29. The number of hydrogen-bond acceptors (Lipinski definition) is 1. The molecule has 0 aliphatic rings. The van der Waals surface area contributed by atoms with Gasteiger partial charge in [-0.05, 0) is 17.5 Å². The third-order valence-electron chi connectivity index (χ3n) is 5.85. The molecule has 0 radical (unpaired) electrons. The molecular weight excluding hydrogens is 627 g/mol. The Kier molecular flexibility index (Phi) is 9.75. The van der Waals surface area contributed by atoms with Crippen LogP contribution in [0.25, 0.3) is 0 Å². The molecule has 1 aromatic rings. The molecule has 0 atom stereocenters. The van der Waals surface area contributed by atoms with Gasteiger partial charge in [-0.15, -0.1) is 0 Å². The lowest BCUT2D eigenvalue weighted by Gasteiger charge is -2.42. The van der Waals surface area contributed by atoms with Crippen molar-refractivity contribution in [3.8, 4) is 0 Å². The van der Waals surface area contributed by atoms with E-state index in [1.165, 1.54) is 6.92 Å². The Bertz CT molecular complexity index is 1020. The first-order valence-corrected chi connectivity index (χ1v) is 10.8. The van der Waals surface area contributed by atoms with Crippen LogP contribution in [-0.2, 0) is 13.0 Å². The zero-order valence-corrected chi connectivity index (χ0v) is 20.3. The summed E-state index contributed by atoms with van der Waals surface area (Å²) >= 11 is 0. The molecule has 0 aromatic heterocycles. The van der Waals surface area contributed by atoms with E-state index < -0.39 is 78.6 Å². The lowest BCUT2D eigenvalue weighted by molar-refractivity contribution is -0.461. The van der Waals surface area contributed by atoms with Crippen LogP contribution in [0, 0.1) is 0 Å². The van der Waals surface area contributed by atoms with Crippen molar-refractivity contribution in [1.82, 2.24) is 4.90 Å². The predicted molar refractivity (Wildman–Crippen MR) is 102 cm³/mol. The van der Waals surface area contributed by atoms with Crippen LogP contribution in [0.5, 0.6) is 0 Å². The van der Waals surface area contributed by atoms with Crippen molar-refractivity contribution in [2.45, 2.75) is 86.9 Å². The Morgan fingerprint density at radius 1 is 0.512 bits per heavy atom. The fourth-order valence-corrected chi connectivity index (χ4v) is 3.21. The van der Waals surface area contributed by atoms with Gasteiger partial charge in [0, 0.05) is 26.4 Å². The first kappa shape index (κ1) is 36.9. The second kappa shape index (κ2) is 10.8. The molecule has 1 rings (SSSR count). The van der Waals surface area contributed by atoms with Gasteiger partial charge in [-0.3, -0.25) is 0 Å². The van der Waals surface area contributed by atoms with Gasteiger partial charge in [0.1, 0.15) is 0 Å². The summed E-state index contributed by atoms with van der Waals surface area (Å²) < 4.78 is 253. The first-order valence-electron chi connectivity index (χ1n) is 10.8. The largest absolute Gasteiger partial charge is 0.460 e. The molecule has 1 nitrogen and oxygen atoms in total. The van der Waals surface area contributed by atoms with Crippen molar-refractivity contribution in [2.75, 3.05) is 6.54 Å². The van der Waals surface area contributed by atoms with E-state index in [-0.39, 0.29) is 12.1 Å². The summed E-state index contributed by atoms with van der Waals surface area (Å²) in [5.41, 5.74) is -0.383. The van der Waals surface area contributed by atoms with Crippen LogP contribution in [0.2, 0.25) is 0 Å². The molecule has 0 heterocycles. The quantitative estimate of drug-likeness (QED) is 0.153. The Morgan fingerprint density at radius 2 is 0.854 bits per heavy atom. The van der Waals surface area contributed by atoms with Crippen LogP contribution < -0.4 is 0 Å². The summed E-state index contributed by atoms with van der Waals surface area (Å²) in [6.07, 6.45) is -11.8. The van der Waals surface area contributed by atoms with E-state index in [2.05, 4.69) is 0 Å². The number of aryl methyl sites for hydroxylation is 1. The minimum atomic E-state index is -8.67. The first-order chi connectivity index (χ1) is 17.9. The van der Waals surface area contributed by atoms with E-state index in [1.54, 1.807) is 0 Å². The second-order valence-electron chi connectivity index (χ2n) is 8.82. The van der Waals surface area contributed by atoms with Crippen molar-refractivity contribution in [3.05, 3.63) is 35.4 Å². The van der Waals surface area contributed by atoms with Crippen LogP contribution in [0.1, 0.15) is 31.4 Å². The second-order valence-corrected chi connectivity index (χ2v) is 8.82. The highest BCUT2D eigenvalue weighted by Gasteiger charge is 2.95. The van der Waals surface area contributed by atoms with E-state index in [0.717, 1.165) is 24.3 Å². The lowest BCUT2D eigenvalue weighted by atomic mass is 9.87. The molecule has 41 heavy (non-hydrogen) atoms. The Labute approximate surface area is 218 Å². The third kappa shape index (κ3) is 6.16. The van der Waals surface area contributed by atoms with Crippen LogP contribution in [0.3, 0.4) is 0 Å². The zero-order chi connectivity index (χ0) is 32.9. The Hall–Kier alpha value is -2.15. The molecule has 0 spiro atoms. The number of hydrogen-bond donors (Lipinski definition) is 0. The van der Waals surface area contributed by atoms with Crippen molar-refractivity contribution < 1.29 is 83.4 Å². The molecule has 0 amide bonds. The maximum Gasteiger partial charge on any atom is 0.460 e. The molecule has 0 aliphatic carbocycles. The maximum absolute atomic E-state index is 14.0. The average Bonchev–Trinajstić information content (AvgIpc) is 2.79. The van der Waals surface area contributed by atoms with Gasteiger partial charge in [-0.1, -0.05) is 31.2 Å². The molecule has 20 heteroatoms. The summed E-state index contributed by atoms with van der Waals surface area (Å²) in [6.45, 7) is 1.24. The van der Waals surface area contributed by atoms with Gasteiger partial charge in [-0.25, -0.2) is 4.90 Å². The van der Waals surface area contributed by atoms with Gasteiger partial charge < -0.3 is 0 Å². The standard InChI is InChI=1S/C21H18F19N/c1-3-41(13(2,22)23)10-12-6-4-11(5-7-12)8-9-14(24,25)15(26,27)16(28,29)17(30,31)18(32,33)19(34,35)20(36,37)21(38,39)40/h4-7H,3,8-10H2,1-2H3. The van der Waals surface area contributed by atoms with Crippen LogP contribution in [-0.4, -0.2) is 65.1 Å². The highest BCUT2D eigenvalue weighted by atomic mass is 19.4. The normalized spacial score (nSPS) is 15.6. The van der Waals surface area contributed by atoms with E-state index in [1.807, 2.05) is 0 Å². The predicted octanol–water partition coefficient (Wildman–Crippen LogP) is 9.06. The smallest absolute Gasteiger partial charge is 0.241 e. The van der Waals surface area contributed by atoms with Crippen LogP contribution in [0.15, 0.2) is 24.3 Å². The summed E-state index contributed by atoms with van der Waals surface area (Å²) in [7, 11) is 0. The number of benzene rings is 1. The van der Waals surface area contributed by atoms with Crippen molar-refractivity contribution in [3.63, 3.8) is 0 Å². The third-order valence-corrected chi connectivity index (χ3v) is 5.85. The zero-order valence-electron chi connectivity index (χ0n) is 20.3. The Morgan fingerprint density at radius 3 is 1.20 bits per heavy atom. The molecule has 1 aromatic carbocycles. The molecule has 0 saturated carbocycles. The summed E-state index contributed by atoms with van der Waals surface area (Å²) in [6, 6.07) is 0.258. The number of rotatable bonds is 13. The minimum Gasteiger partial charge on any atom is -0.241 e. The SMILES string of the molecule is CCN(Cc1ccc(CCC(F)(F)C(F)(F)C(F)(F)C(F)(F)C(F)(F)C(F)(F)C(F)(F)C(F)(F)F)cc1)C(C)(F)F. The van der Waals surface area contributed by atoms with E-state index in [0.29, 0.717) is 11.8 Å².